The molecule has 0 fully saturated rings. The van der Waals surface area contributed by atoms with Crippen molar-refractivity contribution in [3.05, 3.63) is 29.8 Å². The second kappa shape index (κ2) is 7.74. The van der Waals surface area contributed by atoms with Gasteiger partial charge < -0.3 is 5.11 Å². The average Bonchev–Trinajstić information content (AvgIpc) is 2.43. The van der Waals surface area contributed by atoms with E-state index in [1.807, 2.05) is 33.8 Å². The molecule has 0 aliphatic rings. The van der Waals surface area contributed by atoms with Crippen LogP contribution in [-0.2, 0) is 14.8 Å². The van der Waals surface area contributed by atoms with Gasteiger partial charge in [-0.3, -0.25) is 4.79 Å². The molecule has 0 amide bonds. The van der Waals surface area contributed by atoms with Gasteiger partial charge in [-0.1, -0.05) is 39.8 Å². The van der Waals surface area contributed by atoms with Gasteiger partial charge in [-0.15, -0.1) is 0 Å². The van der Waals surface area contributed by atoms with Gasteiger partial charge in [0.2, 0.25) is 10.0 Å². The fraction of sp³-hybridized carbons (Fsp3) is 0.562. The smallest absolute Gasteiger partial charge is 0.307 e. The first kappa shape index (κ1) is 18.6. The van der Waals surface area contributed by atoms with E-state index in [0.717, 1.165) is 5.56 Å². The second-order valence-electron chi connectivity index (χ2n) is 6.24. The number of sulfonamides is 1. The van der Waals surface area contributed by atoms with Gasteiger partial charge >= 0.3 is 5.97 Å². The molecule has 5 nitrogen and oxygen atoms in total. The fourth-order valence-electron chi connectivity index (χ4n) is 2.17. The SMILES string of the molecule is CC(C)CC(CNS(=O)(=O)c1cccc(C(C)C)c1)C(=O)O. The van der Waals surface area contributed by atoms with Crippen molar-refractivity contribution in [2.75, 3.05) is 6.54 Å². The summed E-state index contributed by atoms with van der Waals surface area (Å²) in [5.41, 5.74) is 0.930. The molecular formula is C16H25NO4S. The molecule has 1 aromatic carbocycles. The van der Waals surface area contributed by atoms with Crippen molar-refractivity contribution in [1.82, 2.24) is 4.72 Å². The Bertz CT molecular complexity index is 608. The van der Waals surface area contributed by atoms with Crippen LogP contribution in [0.15, 0.2) is 29.2 Å². The summed E-state index contributed by atoms with van der Waals surface area (Å²) in [6.07, 6.45) is 0.434. The standard InChI is InChI=1S/C16H25NO4S/c1-11(2)8-14(16(18)19)10-17-22(20,21)15-7-5-6-13(9-15)12(3)4/h5-7,9,11-12,14,17H,8,10H2,1-4H3,(H,18,19). The number of hydrogen-bond donors (Lipinski definition) is 2. The number of aliphatic carboxylic acids is 1. The molecule has 2 N–H and O–H groups in total. The molecule has 0 saturated heterocycles. The molecule has 0 aliphatic heterocycles. The molecule has 1 rings (SSSR count). The van der Waals surface area contributed by atoms with Gasteiger partial charge in [0.25, 0.3) is 0 Å². The van der Waals surface area contributed by atoms with Crippen molar-refractivity contribution in [1.29, 1.82) is 0 Å². The molecule has 1 unspecified atom stereocenters. The van der Waals surface area contributed by atoms with E-state index < -0.39 is 21.9 Å². The van der Waals surface area contributed by atoms with E-state index in [0.29, 0.717) is 6.42 Å². The van der Waals surface area contributed by atoms with Crippen LogP contribution in [-0.4, -0.2) is 26.0 Å². The van der Waals surface area contributed by atoms with Crippen molar-refractivity contribution in [3.8, 4) is 0 Å². The van der Waals surface area contributed by atoms with Crippen LogP contribution in [0.25, 0.3) is 0 Å². The topological polar surface area (TPSA) is 83.5 Å². The number of carbonyl (C=O) groups is 1. The van der Waals surface area contributed by atoms with Crippen LogP contribution < -0.4 is 4.72 Å². The van der Waals surface area contributed by atoms with Crippen LogP contribution in [0.2, 0.25) is 0 Å². The third-order valence-electron chi connectivity index (χ3n) is 3.46. The summed E-state index contributed by atoms with van der Waals surface area (Å²) in [6, 6.07) is 6.73. The van der Waals surface area contributed by atoms with E-state index in [2.05, 4.69) is 4.72 Å². The quantitative estimate of drug-likeness (QED) is 0.769. The van der Waals surface area contributed by atoms with Gasteiger partial charge in [0.05, 0.1) is 10.8 Å². The number of hydrogen-bond acceptors (Lipinski definition) is 3. The fourth-order valence-corrected chi connectivity index (χ4v) is 3.31. The molecule has 0 aliphatic carbocycles. The van der Waals surface area contributed by atoms with E-state index in [1.54, 1.807) is 12.1 Å². The van der Waals surface area contributed by atoms with Crippen LogP contribution in [0.5, 0.6) is 0 Å². The second-order valence-corrected chi connectivity index (χ2v) is 8.01. The Hall–Kier alpha value is -1.40. The molecular weight excluding hydrogens is 302 g/mol. The summed E-state index contributed by atoms with van der Waals surface area (Å²) < 4.78 is 27.1. The first-order chi connectivity index (χ1) is 10.1. The maximum absolute atomic E-state index is 12.3. The lowest BCUT2D eigenvalue weighted by molar-refractivity contribution is -0.142. The lowest BCUT2D eigenvalue weighted by atomic mass is 9.98. The number of carboxylic acid groups (broad SMARTS) is 1. The van der Waals surface area contributed by atoms with E-state index in [1.165, 1.54) is 6.07 Å². The molecule has 0 bridgehead atoms. The lowest BCUT2D eigenvalue weighted by Crippen LogP contribution is -2.33. The molecule has 6 heteroatoms. The van der Waals surface area contributed by atoms with Crippen LogP contribution in [0.3, 0.4) is 0 Å². The molecule has 0 aromatic heterocycles. The van der Waals surface area contributed by atoms with E-state index in [-0.39, 0.29) is 23.3 Å². The first-order valence-corrected chi connectivity index (χ1v) is 8.94. The normalized spacial score (nSPS) is 13.5. The molecule has 0 saturated carbocycles. The van der Waals surface area contributed by atoms with Crippen LogP contribution in [0.4, 0.5) is 0 Å². The van der Waals surface area contributed by atoms with E-state index in [4.69, 9.17) is 0 Å². The minimum absolute atomic E-state index is 0.0955. The molecule has 124 valence electrons. The molecule has 22 heavy (non-hydrogen) atoms. The Morgan fingerprint density at radius 1 is 1.23 bits per heavy atom. The predicted molar refractivity (Wildman–Crippen MR) is 86.3 cm³/mol. The summed E-state index contributed by atoms with van der Waals surface area (Å²) in [4.78, 5) is 11.4. The zero-order valence-electron chi connectivity index (χ0n) is 13.5. The van der Waals surface area contributed by atoms with Gasteiger partial charge in [0.1, 0.15) is 0 Å². The van der Waals surface area contributed by atoms with E-state index in [9.17, 15) is 18.3 Å². The summed E-state index contributed by atoms with van der Waals surface area (Å²) in [5.74, 6) is -1.28. The molecule has 0 spiro atoms. The maximum atomic E-state index is 12.3. The van der Waals surface area contributed by atoms with Crippen LogP contribution >= 0.6 is 0 Å². The lowest BCUT2D eigenvalue weighted by Gasteiger charge is -2.16. The maximum Gasteiger partial charge on any atom is 0.307 e. The summed E-state index contributed by atoms with van der Waals surface area (Å²) in [6.45, 7) is 7.71. The van der Waals surface area contributed by atoms with Crippen LogP contribution in [0.1, 0.15) is 45.6 Å². The van der Waals surface area contributed by atoms with Gasteiger partial charge in [-0.2, -0.15) is 0 Å². The molecule has 1 aromatic rings. The van der Waals surface area contributed by atoms with Crippen molar-refractivity contribution in [2.24, 2.45) is 11.8 Å². The van der Waals surface area contributed by atoms with Crippen molar-refractivity contribution < 1.29 is 18.3 Å². The molecule has 1 atom stereocenters. The van der Waals surface area contributed by atoms with Gasteiger partial charge in [0, 0.05) is 6.54 Å². The Kier molecular flexibility index (Phi) is 6.56. The summed E-state index contributed by atoms with van der Waals surface area (Å²) >= 11 is 0. The zero-order valence-corrected chi connectivity index (χ0v) is 14.4. The average molecular weight is 327 g/mol. The van der Waals surface area contributed by atoms with Gasteiger partial charge in [-0.25, -0.2) is 13.1 Å². The minimum atomic E-state index is -3.69. The third kappa shape index (κ3) is 5.42. The highest BCUT2D eigenvalue weighted by molar-refractivity contribution is 7.89. The Morgan fingerprint density at radius 3 is 2.36 bits per heavy atom. The highest BCUT2D eigenvalue weighted by Gasteiger charge is 2.22. The number of rotatable bonds is 8. The Balaban J connectivity index is 2.87. The van der Waals surface area contributed by atoms with E-state index >= 15 is 0 Å². The highest BCUT2D eigenvalue weighted by atomic mass is 32.2. The first-order valence-electron chi connectivity index (χ1n) is 7.46. The summed E-state index contributed by atoms with van der Waals surface area (Å²) in [5, 5.41) is 9.17. The van der Waals surface area contributed by atoms with Crippen molar-refractivity contribution in [3.63, 3.8) is 0 Å². The van der Waals surface area contributed by atoms with Crippen molar-refractivity contribution in [2.45, 2.75) is 44.9 Å². The Labute approximate surface area is 132 Å². The highest BCUT2D eigenvalue weighted by Crippen LogP contribution is 2.19. The number of carboxylic acids is 1. The van der Waals surface area contributed by atoms with Gasteiger partial charge in [0.15, 0.2) is 0 Å². The number of benzene rings is 1. The molecule has 0 radical (unpaired) electrons. The van der Waals surface area contributed by atoms with Crippen molar-refractivity contribution >= 4 is 16.0 Å². The predicted octanol–water partition coefficient (Wildman–Crippen LogP) is 2.84. The van der Waals surface area contributed by atoms with Gasteiger partial charge in [-0.05, 0) is 36.0 Å². The summed E-state index contributed by atoms with van der Waals surface area (Å²) in [7, 11) is -3.69. The Morgan fingerprint density at radius 2 is 1.86 bits per heavy atom. The molecule has 0 heterocycles. The largest absolute Gasteiger partial charge is 0.481 e. The minimum Gasteiger partial charge on any atom is -0.481 e. The van der Waals surface area contributed by atoms with Crippen LogP contribution in [0, 0.1) is 11.8 Å². The monoisotopic (exact) mass is 327 g/mol. The zero-order chi connectivity index (χ0) is 16.9. The number of nitrogens with one attached hydrogen (secondary N) is 1. The third-order valence-corrected chi connectivity index (χ3v) is 4.88.